The summed E-state index contributed by atoms with van der Waals surface area (Å²) in [7, 11) is 1.56. The summed E-state index contributed by atoms with van der Waals surface area (Å²) in [5.74, 6) is 0.612. The van der Waals surface area contributed by atoms with Gasteiger partial charge in [-0.1, -0.05) is 18.2 Å². The molecule has 2 aromatic rings. The predicted octanol–water partition coefficient (Wildman–Crippen LogP) is 2.72. The van der Waals surface area contributed by atoms with E-state index < -0.39 is 0 Å². The first-order valence-corrected chi connectivity index (χ1v) is 9.29. The molecule has 132 valence electrons. The fourth-order valence-corrected chi connectivity index (χ4v) is 3.74. The van der Waals surface area contributed by atoms with Crippen LogP contribution in [0, 0.1) is 0 Å². The normalized spacial score (nSPS) is 15.0. The lowest BCUT2D eigenvalue weighted by molar-refractivity contribution is -0.131. The Morgan fingerprint density at radius 1 is 1.20 bits per heavy atom. The van der Waals surface area contributed by atoms with Crippen molar-refractivity contribution in [3.63, 3.8) is 0 Å². The Morgan fingerprint density at radius 3 is 2.64 bits per heavy atom. The minimum absolute atomic E-state index is 0.0863. The van der Waals surface area contributed by atoms with Gasteiger partial charge in [0, 0.05) is 24.0 Å². The first kappa shape index (κ1) is 17.5. The van der Waals surface area contributed by atoms with Crippen LogP contribution in [0.15, 0.2) is 41.8 Å². The van der Waals surface area contributed by atoms with E-state index in [2.05, 4.69) is 5.32 Å². The van der Waals surface area contributed by atoms with Gasteiger partial charge in [0.2, 0.25) is 5.91 Å². The zero-order valence-electron chi connectivity index (χ0n) is 14.2. The molecule has 1 aromatic carbocycles. The average molecular weight is 358 g/mol. The maximum Gasteiger partial charge on any atom is 0.255 e. The van der Waals surface area contributed by atoms with Crippen LogP contribution >= 0.6 is 11.3 Å². The van der Waals surface area contributed by atoms with Gasteiger partial charge in [0.15, 0.2) is 0 Å². The van der Waals surface area contributed by atoms with Crippen LogP contribution in [0.3, 0.4) is 0 Å². The van der Waals surface area contributed by atoms with Crippen LogP contribution in [0.4, 0.5) is 0 Å². The second kappa shape index (κ2) is 8.16. The van der Waals surface area contributed by atoms with E-state index in [0.29, 0.717) is 30.8 Å². The first-order chi connectivity index (χ1) is 12.2. The molecule has 2 heterocycles. The highest BCUT2D eigenvalue weighted by Crippen LogP contribution is 2.19. The fourth-order valence-electron chi connectivity index (χ4n) is 3.04. The van der Waals surface area contributed by atoms with Crippen LogP contribution in [0.25, 0.3) is 0 Å². The Morgan fingerprint density at radius 2 is 1.96 bits per heavy atom. The SMILES string of the molecule is COc1ccccc1C(=O)NC1CCN(C(=O)Cc2cccs2)CC1. The summed E-state index contributed by atoms with van der Waals surface area (Å²) in [5.41, 5.74) is 0.543. The quantitative estimate of drug-likeness (QED) is 0.894. The summed E-state index contributed by atoms with van der Waals surface area (Å²) >= 11 is 1.61. The third-order valence-electron chi connectivity index (χ3n) is 4.44. The number of nitrogens with one attached hydrogen (secondary N) is 1. The van der Waals surface area contributed by atoms with Gasteiger partial charge in [0.05, 0.1) is 19.1 Å². The number of amides is 2. The number of hydrogen-bond donors (Lipinski definition) is 1. The molecule has 1 aliphatic rings. The van der Waals surface area contributed by atoms with E-state index in [0.717, 1.165) is 17.7 Å². The van der Waals surface area contributed by atoms with Gasteiger partial charge in [-0.3, -0.25) is 9.59 Å². The molecular formula is C19H22N2O3S. The lowest BCUT2D eigenvalue weighted by atomic mass is 10.0. The molecule has 0 radical (unpaired) electrons. The number of methoxy groups -OCH3 is 1. The van der Waals surface area contributed by atoms with Crippen LogP contribution in [0.5, 0.6) is 5.75 Å². The van der Waals surface area contributed by atoms with Gasteiger partial charge in [0.1, 0.15) is 5.75 Å². The van der Waals surface area contributed by atoms with Crippen molar-refractivity contribution in [2.24, 2.45) is 0 Å². The Labute approximate surface area is 151 Å². The molecule has 1 aliphatic heterocycles. The van der Waals surface area contributed by atoms with Crippen molar-refractivity contribution in [1.29, 1.82) is 0 Å². The Kier molecular flexibility index (Phi) is 5.71. The molecule has 1 N–H and O–H groups in total. The van der Waals surface area contributed by atoms with Crippen LogP contribution in [0.1, 0.15) is 28.1 Å². The van der Waals surface area contributed by atoms with E-state index >= 15 is 0 Å². The average Bonchev–Trinajstić information content (AvgIpc) is 3.15. The fraction of sp³-hybridized carbons (Fsp3) is 0.368. The topological polar surface area (TPSA) is 58.6 Å². The Hall–Kier alpha value is -2.34. The number of likely N-dealkylation sites (tertiary alicyclic amines) is 1. The molecule has 1 aromatic heterocycles. The molecule has 0 aliphatic carbocycles. The Bertz CT molecular complexity index is 722. The van der Waals surface area contributed by atoms with E-state index in [1.54, 1.807) is 30.6 Å². The molecule has 0 spiro atoms. The molecule has 6 heteroatoms. The van der Waals surface area contributed by atoms with Crippen molar-refractivity contribution < 1.29 is 14.3 Å². The van der Waals surface area contributed by atoms with Crippen molar-refractivity contribution in [1.82, 2.24) is 10.2 Å². The molecular weight excluding hydrogens is 336 g/mol. The molecule has 25 heavy (non-hydrogen) atoms. The van der Waals surface area contributed by atoms with Crippen LogP contribution in [-0.2, 0) is 11.2 Å². The highest BCUT2D eigenvalue weighted by atomic mass is 32.1. The molecule has 5 nitrogen and oxygen atoms in total. The summed E-state index contributed by atoms with van der Waals surface area (Å²) < 4.78 is 5.24. The predicted molar refractivity (Wildman–Crippen MR) is 98.1 cm³/mol. The highest BCUT2D eigenvalue weighted by molar-refractivity contribution is 7.10. The molecule has 0 unspecified atom stereocenters. The highest BCUT2D eigenvalue weighted by Gasteiger charge is 2.25. The summed E-state index contributed by atoms with van der Waals surface area (Å²) in [4.78, 5) is 27.8. The second-order valence-electron chi connectivity index (χ2n) is 6.08. The molecule has 0 saturated carbocycles. The minimum atomic E-state index is -0.124. The van der Waals surface area contributed by atoms with Gasteiger partial charge in [-0.25, -0.2) is 0 Å². The van der Waals surface area contributed by atoms with E-state index in [-0.39, 0.29) is 17.9 Å². The van der Waals surface area contributed by atoms with Gasteiger partial charge in [-0.15, -0.1) is 11.3 Å². The number of hydrogen-bond acceptors (Lipinski definition) is 4. The third-order valence-corrected chi connectivity index (χ3v) is 5.32. The summed E-state index contributed by atoms with van der Waals surface area (Å²) in [6, 6.07) is 11.2. The smallest absolute Gasteiger partial charge is 0.255 e. The van der Waals surface area contributed by atoms with Crippen molar-refractivity contribution in [2.45, 2.75) is 25.3 Å². The van der Waals surface area contributed by atoms with Gasteiger partial charge in [-0.05, 0) is 36.4 Å². The van der Waals surface area contributed by atoms with Crippen molar-refractivity contribution in [3.8, 4) is 5.75 Å². The molecule has 1 saturated heterocycles. The van der Waals surface area contributed by atoms with Crippen molar-refractivity contribution in [2.75, 3.05) is 20.2 Å². The monoisotopic (exact) mass is 358 g/mol. The van der Waals surface area contributed by atoms with Crippen LogP contribution < -0.4 is 10.1 Å². The number of piperidine rings is 1. The third kappa shape index (κ3) is 4.39. The standard InChI is InChI=1S/C19H22N2O3S/c1-24-17-7-3-2-6-16(17)19(23)20-14-8-10-21(11-9-14)18(22)13-15-5-4-12-25-15/h2-7,12,14H,8-11,13H2,1H3,(H,20,23). The number of carbonyl (C=O) groups is 2. The Balaban J connectivity index is 1.50. The number of carbonyl (C=O) groups excluding carboxylic acids is 2. The number of thiophene rings is 1. The van der Waals surface area contributed by atoms with Gasteiger partial charge in [-0.2, -0.15) is 0 Å². The first-order valence-electron chi connectivity index (χ1n) is 8.41. The maximum atomic E-state index is 12.4. The van der Waals surface area contributed by atoms with Crippen LogP contribution in [-0.4, -0.2) is 43.0 Å². The number of nitrogens with zero attached hydrogens (tertiary/aromatic N) is 1. The van der Waals surface area contributed by atoms with E-state index in [1.165, 1.54) is 0 Å². The second-order valence-corrected chi connectivity index (χ2v) is 7.12. The van der Waals surface area contributed by atoms with E-state index in [4.69, 9.17) is 4.74 Å². The summed E-state index contributed by atoms with van der Waals surface area (Å²) in [6.45, 7) is 1.36. The molecule has 0 bridgehead atoms. The van der Waals surface area contributed by atoms with Gasteiger partial charge in [0.25, 0.3) is 5.91 Å². The molecule has 0 atom stereocenters. The molecule has 1 fully saturated rings. The maximum absolute atomic E-state index is 12.4. The molecule has 2 amide bonds. The van der Waals surface area contributed by atoms with Crippen molar-refractivity contribution >= 4 is 23.2 Å². The number of ether oxygens (including phenoxy) is 1. The van der Waals surface area contributed by atoms with Gasteiger partial charge < -0.3 is 15.0 Å². The largest absolute Gasteiger partial charge is 0.496 e. The number of benzene rings is 1. The van der Waals surface area contributed by atoms with Crippen LogP contribution in [0.2, 0.25) is 0 Å². The summed E-state index contributed by atoms with van der Waals surface area (Å²) in [5, 5.41) is 5.05. The van der Waals surface area contributed by atoms with Gasteiger partial charge >= 0.3 is 0 Å². The lowest BCUT2D eigenvalue weighted by Gasteiger charge is -2.32. The number of para-hydroxylation sites is 1. The minimum Gasteiger partial charge on any atom is -0.496 e. The zero-order valence-corrected chi connectivity index (χ0v) is 15.1. The van der Waals surface area contributed by atoms with E-state index in [1.807, 2.05) is 34.5 Å². The summed E-state index contributed by atoms with van der Waals surface area (Å²) in [6.07, 6.45) is 2.02. The number of rotatable bonds is 5. The lowest BCUT2D eigenvalue weighted by Crippen LogP contribution is -2.47. The van der Waals surface area contributed by atoms with Crippen molar-refractivity contribution in [3.05, 3.63) is 52.2 Å². The van der Waals surface area contributed by atoms with E-state index in [9.17, 15) is 9.59 Å². The molecule has 3 rings (SSSR count). The zero-order chi connectivity index (χ0) is 17.6.